The molecule has 14 rings (SSSR count). The van der Waals surface area contributed by atoms with Gasteiger partial charge in [0.2, 0.25) is 0 Å². The Morgan fingerprint density at radius 2 is 0.706 bits per heavy atom. The molecule has 0 saturated heterocycles. The fraction of sp³-hybridized carbons (Fsp3) is 0.104. The van der Waals surface area contributed by atoms with Gasteiger partial charge in [0.05, 0.1) is 11.1 Å². The Morgan fingerprint density at radius 1 is 0.279 bits per heavy atom. The second-order valence-electron chi connectivity index (χ2n) is 20.4. The van der Waals surface area contributed by atoms with Crippen LogP contribution in [0.15, 0.2) is 224 Å². The van der Waals surface area contributed by atoms with Crippen LogP contribution in [0.1, 0.15) is 72.2 Å². The van der Waals surface area contributed by atoms with Gasteiger partial charge >= 0.3 is 0 Å². The zero-order valence-electron chi connectivity index (χ0n) is 38.8. The van der Waals surface area contributed by atoms with Gasteiger partial charge in [-0.15, -0.1) is 0 Å². The monoisotopic (exact) mass is 867 g/mol. The van der Waals surface area contributed by atoms with Crippen LogP contribution in [0.25, 0.3) is 66.8 Å². The molecule has 4 aliphatic carbocycles. The quantitative estimate of drug-likeness (QED) is 0.167. The first-order valence-electron chi connectivity index (χ1n) is 24.2. The molecule has 10 aromatic carbocycles. The first-order valence-corrected chi connectivity index (χ1v) is 24.2. The summed E-state index contributed by atoms with van der Waals surface area (Å²) in [7, 11) is 0. The molecule has 0 aliphatic heterocycles. The number of anilines is 3. The summed E-state index contributed by atoms with van der Waals surface area (Å²) in [6.45, 7) is 9.57. The van der Waals surface area contributed by atoms with Crippen molar-refractivity contribution in [2.45, 2.75) is 43.9 Å². The molecule has 1 spiro atoms. The molecular weight excluding hydrogens is 819 g/mol. The van der Waals surface area contributed by atoms with E-state index in [-0.39, 0.29) is 10.8 Å². The molecule has 0 heterocycles. The predicted molar refractivity (Wildman–Crippen MR) is 283 cm³/mol. The van der Waals surface area contributed by atoms with Crippen molar-refractivity contribution < 1.29 is 0 Å². The van der Waals surface area contributed by atoms with Crippen LogP contribution in [0.3, 0.4) is 0 Å². The highest BCUT2D eigenvalue weighted by Crippen LogP contribution is 2.67. The van der Waals surface area contributed by atoms with Gasteiger partial charge in [-0.1, -0.05) is 210 Å². The van der Waals surface area contributed by atoms with Crippen LogP contribution in [-0.4, -0.2) is 0 Å². The van der Waals surface area contributed by atoms with Gasteiger partial charge in [0.1, 0.15) is 0 Å². The van der Waals surface area contributed by atoms with Gasteiger partial charge in [-0.25, -0.2) is 0 Å². The van der Waals surface area contributed by atoms with Gasteiger partial charge in [0.15, 0.2) is 0 Å². The van der Waals surface area contributed by atoms with Crippen LogP contribution in [0.5, 0.6) is 0 Å². The lowest BCUT2D eigenvalue weighted by Crippen LogP contribution is -2.27. The van der Waals surface area contributed by atoms with Gasteiger partial charge in [-0.05, 0) is 148 Å². The van der Waals surface area contributed by atoms with E-state index in [1.54, 1.807) is 0 Å². The summed E-state index contributed by atoms with van der Waals surface area (Å²) in [6.07, 6.45) is 0. The first-order chi connectivity index (χ1) is 33.3. The third-order valence-electron chi connectivity index (χ3n) is 16.3. The molecule has 0 amide bonds. The lowest BCUT2D eigenvalue weighted by molar-refractivity contribution is 0.660. The highest BCUT2D eigenvalue weighted by molar-refractivity contribution is 6.04. The zero-order chi connectivity index (χ0) is 45.5. The summed E-state index contributed by atoms with van der Waals surface area (Å²) in [5.41, 5.74) is 28.8. The van der Waals surface area contributed by atoms with Crippen LogP contribution < -0.4 is 4.90 Å². The average Bonchev–Trinajstić information content (AvgIpc) is 4.02. The van der Waals surface area contributed by atoms with Crippen molar-refractivity contribution in [3.05, 3.63) is 269 Å². The minimum atomic E-state index is -0.580. The summed E-state index contributed by atoms with van der Waals surface area (Å²) in [6, 6.07) is 85.1. The Balaban J connectivity index is 1.07. The molecule has 0 N–H and O–H groups in total. The SMILES string of the molecule is CC1(C)c2ccccc2-c2ccc(N(c3ccc4c(c3)C(C)(C)c3ccccc3-4)c3cccc4c3-c3ccccc3C43c4ccccc4-c4cc(-c5ccccc5)cc(-c5ccccc5)c43)cc21. The Morgan fingerprint density at radius 3 is 1.28 bits per heavy atom. The highest BCUT2D eigenvalue weighted by Gasteiger charge is 2.54. The predicted octanol–water partition coefficient (Wildman–Crippen LogP) is 17.4. The minimum absolute atomic E-state index is 0.159. The molecule has 0 bridgehead atoms. The second-order valence-corrected chi connectivity index (χ2v) is 20.4. The van der Waals surface area contributed by atoms with Crippen molar-refractivity contribution in [1.29, 1.82) is 0 Å². The summed E-state index contributed by atoms with van der Waals surface area (Å²) in [5.74, 6) is 0. The molecule has 1 atom stereocenters. The van der Waals surface area contributed by atoms with Gasteiger partial charge in [-0.3, -0.25) is 0 Å². The number of fused-ring (bicyclic) bond motifs is 16. The standard InChI is InChI=1S/C67H49N/c1-65(2)55-28-15-11-24-47(55)50-36-34-45(40-60(50)65)68(46-35-37-51-48-25-12-16-29-56(48)66(3,4)61(51)41-46)62-33-19-32-59-63(62)52-27-14-18-31-58(52)67(59)57-30-17-13-26-49(57)54-39-44(42-20-7-5-8-21-42)38-53(64(54)67)43-22-9-6-10-23-43/h5-41H,1-4H3. The molecule has 0 saturated carbocycles. The van der Waals surface area contributed by atoms with Crippen molar-refractivity contribution in [3.8, 4) is 66.8 Å². The van der Waals surface area contributed by atoms with Crippen LogP contribution in [0, 0.1) is 0 Å². The van der Waals surface area contributed by atoms with E-state index in [9.17, 15) is 0 Å². The Labute approximate surface area is 399 Å². The molecule has 10 aromatic rings. The molecular formula is C67H49N. The minimum Gasteiger partial charge on any atom is -0.310 e. The molecule has 322 valence electrons. The number of hydrogen-bond donors (Lipinski definition) is 0. The van der Waals surface area contributed by atoms with E-state index < -0.39 is 5.41 Å². The van der Waals surface area contributed by atoms with E-state index in [1.165, 1.54) is 117 Å². The molecule has 4 aliphatic rings. The molecule has 1 nitrogen and oxygen atoms in total. The largest absolute Gasteiger partial charge is 0.310 e. The maximum atomic E-state index is 2.59. The van der Waals surface area contributed by atoms with E-state index in [0.29, 0.717) is 0 Å². The second kappa shape index (κ2) is 14.0. The lowest BCUT2D eigenvalue weighted by atomic mass is 9.68. The number of rotatable bonds is 5. The van der Waals surface area contributed by atoms with Crippen molar-refractivity contribution in [1.82, 2.24) is 0 Å². The smallest absolute Gasteiger partial charge is 0.0732 e. The van der Waals surface area contributed by atoms with Crippen molar-refractivity contribution >= 4 is 17.1 Å². The lowest BCUT2D eigenvalue weighted by Gasteiger charge is -2.34. The molecule has 0 radical (unpaired) electrons. The van der Waals surface area contributed by atoms with Gasteiger partial charge in [-0.2, -0.15) is 0 Å². The van der Waals surface area contributed by atoms with Crippen LogP contribution in [-0.2, 0) is 16.2 Å². The number of benzene rings is 10. The molecule has 0 fully saturated rings. The van der Waals surface area contributed by atoms with E-state index in [0.717, 1.165) is 11.4 Å². The molecule has 1 heteroatoms. The van der Waals surface area contributed by atoms with E-state index in [4.69, 9.17) is 0 Å². The molecule has 0 aromatic heterocycles. The summed E-state index contributed by atoms with van der Waals surface area (Å²) in [5, 5.41) is 0. The molecule has 1 unspecified atom stereocenters. The van der Waals surface area contributed by atoms with Crippen molar-refractivity contribution in [3.63, 3.8) is 0 Å². The summed E-state index contributed by atoms with van der Waals surface area (Å²) in [4.78, 5) is 2.59. The first kappa shape index (κ1) is 39.2. The Kier molecular flexibility index (Phi) is 8.08. The Bertz CT molecular complexity index is 3630. The van der Waals surface area contributed by atoms with E-state index in [2.05, 4.69) is 257 Å². The van der Waals surface area contributed by atoms with Gasteiger partial charge in [0, 0.05) is 27.8 Å². The van der Waals surface area contributed by atoms with Gasteiger partial charge < -0.3 is 4.90 Å². The number of nitrogens with zero attached hydrogens (tertiary/aromatic N) is 1. The van der Waals surface area contributed by atoms with Gasteiger partial charge in [0.25, 0.3) is 0 Å². The third-order valence-corrected chi connectivity index (χ3v) is 16.3. The topological polar surface area (TPSA) is 3.24 Å². The summed E-state index contributed by atoms with van der Waals surface area (Å²) < 4.78 is 0. The zero-order valence-corrected chi connectivity index (χ0v) is 38.8. The number of hydrogen-bond acceptors (Lipinski definition) is 1. The fourth-order valence-electron chi connectivity index (χ4n) is 13.2. The maximum Gasteiger partial charge on any atom is 0.0732 e. The van der Waals surface area contributed by atoms with Crippen molar-refractivity contribution in [2.24, 2.45) is 0 Å². The average molecular weight is 868 g/mol. The highest BCUT2D eigenvalue weighted by atomic mass is 15.1. The van der Waals surface area contributed by atoms with Crippen LogP contribution in [0.4, 0.5) is 17.1 Å². The maximum absolute atomic E-state index is 2.59. The fourth-order valence-corrected chi connectivity index (χ4v) is 13.2. The van der Waals surface area contributed by atoms with Crippen LogP contribution in [0.2, 0.25) is 0 Å². The van der Waals surface area contributed by atoms with E-state index in [1.807, 2.05) is 0 Å². The molecule has 68 heavy (non-hydrogen) atoms. The normalized spacial score (nSPS) is 16.5. The Hall–Kier alpha value is -8.00. The third kappa shape index (κ3) is 5.11. The summed E-state index contributed by atoms with van der Waals surface area (Å²) >= 11 is 0. The van der Waals surface area contributed by atoms with Crippen molar-refractivity contribution in [2.75, 3.05) is 4.90 Å². The van der Waals surface area contributed by atoms with Crippen LogP contribution >= 0.6 is 0 Å². The van der Waals surface area contributed by atoms with E-state index >= 15 is 0 Å².